The van der Waals surface area contributed by atoms with E-state index in [4.69, 9.17) is 4.74 Å². The molecular weight excluding hydrogens is 286 g/mol. The average Bonchev–Trinajstić information content (AvgIpc) is 3.07. The molecule has 1 fully saturated rings. The van der Waals surface area contributed by atoms with Gasteiger partial charge in [0.15, 0.2) is 0 Å². The van der Waals surface area contributed by atoms with Crippen LogP contribution >= 0.6 is 0 Å². The Morgan fingerprint density at radius 1 is 1.00 bits per heavy atom. The van der Waals surface area contributed by atoms with Crippen LogP contribution in [0.15, 0.2) is 54.6 Å². The van der Waals surface area contributed by atoms with Crippen LogP contribution < -0.4 is 10.1 Å². The van der Waals surface area contributed by atoms with Crippen LogP contribution in [0.5, 0.6) is 5.75 Å². The Bertz CT molecular complexity index is 641. The summed E-state index contributed by atoms with van der Waals surface area (Å²) in [6, 6.07) is 18.1. The maximum Gasteiger partial charge on any atom is 0.142 e. The zero-order valence-corrected chi connectivity index (χ0v) is 13.2. The first-order chi connectivity index (χ1) is 11.3. The van der Waals surface area contributed by atoms with Crippen LogP contribution in [0, 0.1) is 0 Å². The quantitative estimate of drug-likeness (QED) is 0.916. The maximum atomic E-state index is 11.8. The highest BCUT2D eigenvalue weighted by Gasteiger charge is 2.49. The lowest BCUT2D eigenvalue weighted by Gasteiger charge is -2.42. The number of aliphatic hydroxyl groups is 1. The summed E-state index contributed by atoms with van der Waals surface area (Å²) < 4.78 is 6.19. The smallest absolute Gasteiger partial charge is 0.142 e. The molecule has 0 aromatic heterocycles. The Morgan fingerprint density at radius 3 is 2.52 bits per heavy atom. The molecule has 2 aliphatic heterocycles. The van der Waals surface area contributed by atoms with Gasteiger partial charge in [-0.25, -0.2) is 0 Å². The van der Waals surface area contributed by atoms with Crippen LogP contribution in [0.3, 0.4) is 0 Å². The van der Waals surface area contributed by atoms with Crippen molar-refractivity contribution in [1.29, 1.82) is 0 Å². The highest BCUT2D eigenvalue weighted by atomic mass is 16.5. The number of piperidine rings is 1. The third kappa shape index (κ3) is 2.54. The third-order valence-corrected chi connectivity index (χ3v) is 5.22. The molecule has 4 rings (SSSR count). The lowest BCUT2D eigenvalue weighted by atomic mass is 9.77. The number of ether oxygens (including phenoxy) is 1. The molecule has 0 amide bonds. The normalized spacial score (nSPS) is 26.1. The van der Waals surface area contributed by atoms with Crippen molar-refractivity contribution in [3.63, 3.8) is 0 Å². The molecular formula is C20H23NO2. The Balaban J connectivity index is 1.71. The van der Waals surface area contributed by atoms with Gasteiger partial charge in [-0.1, -0.05) is 55.0 Å². The Labute approximate surface area is 137 Å². The van der Waals surface area contributed by atoms with E-state index in [9.17, 15) is 5.11 Å². The minimum atomic E-state index is -1.01. The van der Waals surface area contributed by atoms with Crippen molar-refractivity contribution in [3.05, 3.63) is 65.7 Å². The van der Waals surface area contributed by atoms with Gasteiger partial charge >= 0.3 is 0 Å². The van der Waals surface area contributed by atoms with E-state index in [-0.39, 0.29) is 12.1 Å². The van der Waals surface area contributed by atoms with Crippen LogP contribution in [0.25, 0.3) is 0 Å². The summed E-state index contributed by atoms with van der Waals surface area (Å²) in [6.45, 7) is 0.958. The first-order valence-electron chi connectivity index (χ1n) is 8.54. The van der Waals surface area contributed by atoms with Crippen molar-refractivity contribution >= 4 is 0 Å². The number of hydrogen-bond donors (Lipinski definition) is 2. The molecule has 2 aromatic rings. The standard InChI is InChI=1S/C20H23NO2/c22-20(16-9-2-1-3-10-16,18-12-6-7-13-21-18)19-14-15-8-4-5-11-17(15)23-19/h1-5,8-11,18-19,21-22H,6-7,12-14H2. The lowest BCUT2D eigenvalue weighted by molar-refractivity contribution is -0.0910. The van der Waals surface area contributed by atoms with Gasteiger partial charge in [-0.3, -0.25) is 0 Å². The summed E-state index contributed by atoms with van der Waals surface area (Å²) in [5.74, 6) is 0.905. The molecule has 2 aromatic carbocycles. The predicted molar refractivity (Wildman–Crippen MR) is 90.5 cm³/mol. The second-order valence-corrected chi connectivity index (χ2v) is 6.61. The van der Waals surface area contributed by atoms with Crippen molar-refractivity contribution in [2.45, 2.75) is 43.4 Å². The number of benzene rings is 2. The van der Waals surface area contributed by atoms with E-state index in [1.165, 1.54) is 12.0 Å². The van der Waals surface area contributed by atoms with Crippen molar-refractivity contribution in [2.75, 3.05) is 6.54 Å². The summed E-state index contributed by atoms with van der Waals surface area (Å²) in [6.07, 6.45) is 3.79. The molecule has 3 atom stereocenters. The summed E-state index contributed by atoms with van der Waals surface area (Å²) in [5.41, 5.74) is 1.11. The van der Waals surface area contributed by atoms with Gasteiger partial charge in [0.1, 0.15) is 17.5 Å². The molecule has 120 valence electrons. The highest BCUT2D eigenvalue weighted by Crippen LogP contribution is 2.41. The minimum Gasteiger partial charge on any atom is -0.486 e. The molecule has 2 aliphatic rings. The van der Waals surface area contributed by atoms with Crippen LogP contribution in [0.1, 0.15) is 30.4 Å². The monoisotopic (exact) mass is 309 g/mol. The molecule has 0 spiro atoms. The van der Waals surface area contributed by atoms with Gasteiger partial charge in [0.25, 0.3) is 0 Å². The van der Waals surface area contributed by atoms with Gasteiger partial charge in [-0.15, -0.1) is 0 Å². The minimum absolute atomic E-state index is 0.0259. The van der Waals surface area contributed by atoms with E-state index in [0.29, 0.717) is 0 Å². The molecule has 0 saturated carbocycles. The molecule has 1 saturated heterocycles. The maximum absolute atomic E-state index is 11.8. The SMILES string of the molecule is OC(c1ccccc1)(C1CCCCN1)C1Cc2ccccc2O1. The van der Waals surface area contributed by atoms with E-state index in [1.54, 1.807) is 0 Å². The van der Waals surface area contributed by atoms with E-state index in [1.807, 2.05) is 48.5 Å². The number of para-hydroxylation sites is 1. The molecule has 23 heavy (non-hydrogen) atoms. The summed E-state index contributed by atoms with van der Waals surface area (Å²) in [5, 5.41) is 15.3. The molecule has 2 N–H and O–H groups in total. The largest absolute Gasteiger partial charge is 0.486 e. The molecule has 3 nitrogen and oxygen atoms in total. The van der Waals surface area contributed by atoms with Gasteiger partial charge in [-0.05, 0) is 36.6 Å². The number of nitrogens with one attached hydrogen (secondary N) is 1. The van der Waals surface area contributed by atoms with Gasteiger partial charge in [0.2, 0.25) is 0 Å². The van der Waals surface area contributed by atoms with Gasteiger partial charge in [0, 0.05) is 12.5 Å². The molecule has 3 unspecified atom stereocenters. The van der Waals surface area contributed by atoms with Crippen LogP contribution in [0.2, 0.25) is 0 Å². The van der Waals surface area contributed by atoms with Crippen molar-refractivity contribution in [2.24, 2.45) is 0 Å². The van der Waals surface area contributed by atoms with E-state index in [2.05, 4.69) is 11.4 Å². The van der Waals surface area contributed by atoms with Crippen LogP contribution in [-0.2, 0) is 12.0 Å². The van der Waals surface area contributed by atoms with Crippen LogP contribution in [-0.4, -0.2) is 23.8 Å². The predicted octanol–water partition coefficient (Wildman–Crippen LogP) is 3.02. The molecule has 0 radical (unpaired) electrons. The van der Waals surface area contributed by atoms with Crippen molar-refractivity contribution in [3.8, 4) is 5.75 Å². The third-order valence-electron chi connectivity index (χ3n) is 5.22. The van der Waals surface area contributed by atoms with Crippen molar-refractivity contribution < 1.29 is 9.84 Å². The van der Waals surface area contributed by atoms with Crippen molar-refractivity contribution in [1.82, 2.24) is 5.32 Å². The zero-order valence-electron chi connectivity index (χ0n) is 13.2. The summed E-state index contributed by atoms with van der Waals surface area (Å²) in [4.78, 5) is 0. The fourth-order valence-corrected chi connectivity index (χ4v) is 3.97. The second kappa shape index (κ2) is 5.99. The van der Waals surface area contributed by atoms with Gasteiger partial charge in [-0.2, -0.15) is 0 Å². The molecule has 0 bridgehead atoms. The zero-order chi connectivity index (χ0) is 15.7. The highest BCUT2D eigenvalue weighted by molar-refractivity contribution is 5.40. The fourth-order valence-electron chi connectivity index (χ4n) is 3.97. The number of fused-ring (bicyclic) bond motifs is 1. The Morgan fingerprint density at radius 2 is 1.78 bits per heavy atom. The Kier molecular flexibility index (Phi) is 3.83. The first-order valence-corrected chi connectivity index (χ1v) is 8.54. The molecule has 2 heterocycles. The van der Waals surface area contributed by atoms with E-state index < -0.39 is 5.60 Å². The van der Waals surface area contributed by atoms with Crippen LogP contribution in [0.4, 0.5) is 0 Å². The average molecular weight is 309 g/mol. The second-order valence-electron chi connectivity index (χ2n) is 6.61. The van der Waals surface area contributed by atoms with E-state index in [0.717, 1.165) is 37.1 Å². The van der Waals surface area contributed by atoms with Gasteiger partial charge < -0.3 is 15.2 Å². The molecule has 0 aliphatic carbocycles. The summed E-state index contributed by atoms with van der Waals surface area (Å²) >= 11 is 0. The molecule has 3 heteroatoms. The van der Waals surface area contributed by atoms with E-state index >= 15 is 0 Å². The van der Waals surface area contributed by atoms with Gasteiger partial charge in [0.05, 0.1) is 0 Å². The summed E-state index contributed by atoms with van der Waals surface area (Å²) in [7, 11) is 0. The number of rotatable bonds is 3. The lowest BCUT2D eigenvalue weighted by Crippen LogP contribution is -2.58. The Hall–Kier alpha value is -1.84. The number of hydrogen-bond acceptors (Lipinski definition) is 3. The fraction of sp³-hybridized carbons (Fsp3) is 0.400. The topological polar surface area (TPSA) is 41.5 Å². The first kappa shape index (κ1) is 14.7.